The van der Waals surface area contributed by atoms with Crippen LogP contribution in [0, 0.1) is 5.92 Å². The first-order valence-electron chi connectivity index (χ1n) is 6.97. The Balaban J connectivity index is 2.39. The number of carbonyl (C=O) groups is 2. The van der Waals surface area contributed by atoms with Crippen LogP contribution in [0.15, 0.2) is 0 Å². The molecule has 1 heterocycles. The van der Waals surface area contributed by atoms with Crippen LogP contribution in [0.2, 0.25) is 0 Å². The number of piperidine rings is 1. The fourth-order valence-corrected chi connectivity index (χ4v) is 2.46. The fraction of sp³-hybridized carbons (Fsp3) is 0.846. The number of aliphatic carboxylic acids is 1. The first-order valence-corrected chi connectivity index (χ1v) is 6.97. The first-order chi connectivity index (χ1) is 9.08. The van der Waals surface area contributed by atoms with Gasteiger partial charge in [0, 0.05) is 26.1 Å². The van der Waals surface area contributed by atoms with Crippen molar-refractivity contribution in [2.24, 2.45) is 5.92 Å². The molecule has 1 saturated heterocycles. The highest BCUT2D eigenvalue weighted by molar-refractivity contribution is 5.82. The van der Waals surface area contributed by atoms with Crippen LogP contribution < -0.4 is 5.32 Å². The number of hydrogen-bond acceptors (Lipinski definition) is 3. The van der Waals surface area contributed by atoms with Gasteiger partial charge in [-0.05, 0) is 18.8 Å². The van der Waals surface area contributed by atoms with Crippen LogP contribution in [0.4, 0.5) is 4.79 Å². The molecule has 0 aromatic rings. The Morgan fingerprint density at radius 2 is 2.00 bits per heavy atom. The molecule has 0 radical (unpaired) electrons. The topological polar surface area (TPSA) is 89.9 Å². The van der Waals surface area contributed by atoms with Gasteiger partial charge in [-0.1, -0.05) is 19.8 Å². The normalized spacial score (nSPS) is 18.1. The van der Waals surface area contributed by atoms with Gasteiger partial charge >= 0.3 is 12.0 Å². The third kappa shape index (κ3) is 5.06. The standard InChI is InChI=1S/C13H24N2O4/c1-2-3-10-4-7-15(8-5-10)13(19)14-11(6-9-16)12(17)18/h10-11,16H,2-9H2,1H3,(H,14,19)(H,17,18)/t11-/m1/s1. The van der Waals surface area contributed by atoms with Crippen molar-refractivity contribution in [3.8, 4) is 0 Å². The second-order valence-corrected chi connectivity index (χ2v) is 5.07. The lowest BCUT2D eigenvalue weighted by atomic mass is 9.93. The lowest BCUT2D eigenvalue weighted by Gasteiger charge is -2.32. The van der Waals surface area contributed by atoms with Gasteiger partial charge in [-0.25, -0.2) is 9.59 Å². The molecule has 1 aliphatic rings. The van der Waals surface area contributed by atoms with Crippen molar-refractivity contribution in [1.29, 1.82) is 0 Å². The molecule has 1 atom stereocenters. The Morgan fingerprint density at radius 3 is 2.47 bits per heavy atom. The molecule has 6 nitrogen and oxygen atoms in total. The van der Waals surface area contributed by atoms with E-state index < -0.39 is 12.0 Å². The Labute approximate surface area is 113 Å². The summed E-state index contributed by atoms with van der Waals surface area (Å²) in [5.41, 5.74) is 0. The van der Waals surface area contributed by atoms with Crippen LogP contribution in [0.3, 0.4) is 0 Å². The Bertz CT molecular complexity index is 301. The van der Waals surface area contributed by atoms with Gasteiger partial charge in [0.1, 0.15) is 6.04 Å². The Hall–Kier alpha value is -1.30. The number of carbonyl (C=O) groups excluding carboxylic acids is 1. The number of nitrogens with one attached hydrogen (secondary N) is 1. The minimum absolute atomic E-state index is 0.0351. The van der Waals surface area contributed by atoms with Crippen LogP contribution in [0.5, 0.6) is 0 Å². The van der Waals surface area contributed by atoms with Gasteiger partial charge in [0.15, 0.2) is 0 Å². The SMILES string of the molecule is CCCC1CCN(C(=O)N[C@H](CCO)C(=O)O)CC1. The molecule has 0 saturated carbocycles. The van der Waals surface area contributed by atoms with E-state index in [1.165, 1.54) is 6.42 Å². The van der Waals surface area contributed by atoms with E-state index in [0.717, 1.165) is 19.3 Å². The van der Waals surface area contributed by atoms with Gasteiger partial charge < -0.3 is 20.4 Å². The maximum absolute atomic E-state index is 11.9. The van der Waals surface area contributed by atoms with Crippen LogP contribution in [0.25, 0.3) is 0 Å². The van der Waals surface area contributed by atoms with E-state index in [9.17, 15) is 9.59 Å². The van der Waals surface area contributed by atoms with E-state index in [4.69, 9.17) is 10.2 Å². The van der Waals surface area contributed by atoms with Crippen molar-refractivity contribution < 1.29 is 19.8 Å². The highest BCUT2D eigenvalue weighted by Crippen LogP contribution is 2.21. The van der Waals surface area contributed by atoms with E-state index in [2.05, 4.69) is 12.2 Å². The number of urea groups is 1. The molecule has 1 rings (SSSR count). The summed E-state index contributed by atoms with van der Waals surface area (Å²) in [6.07, 6.45) is 4.36. The minimum atomic E-state index is -1.11. The van der Waals surface area contributed by atoms with Crippen molar-refractivity contribution in [3.05, 3.63) is 0 Å². The van der Waals surface area contributed by atoms with Gasteiger partial charge in [0.2, 0.25) is 0 Å². The van der Waals surface area contributed by atoms with Gasteiger partial charge in [0.25, 0.3) is 0 Å². The van der Waals surface area contributed by atoms with E-state index >= 15 is 0 Å². The molecule has 1 fully saturated rings. The summed E-state index contributed by atoms with van der Waals surface area (Å²) in [5.74, 6) is -0.426. The number of rotatable bonds is 6. The molecule has 0 unspecified atom stereocenters. The van der Waals surface area contributed by atoms with E-state index in [1.807, 2.05) is 0 Å². The third-order valence-corrected chi connectivity index (χ3v) is 3.61. The minimum Gasteiger partial charge on any atom is -0.480 e. The van der Waals surface area contributed by atoms with Crippen molar-refractivity contribution in [2.45, 2.75) is 45.1 Å². The molecule has 110 valence electrons. The molecule has 0 aromatic carbocycles. The number of carboxylic acids is 1. The van der Waals surface area contributed by atoms with Crippen molar-refractivity contribution in [3.63, 3.8) is 0 Å². The average molecular weight is 272 g/mol. The average Bonchev–Trinajstić information content (AvgIpc) is 2.39. The first kappa shape index (κ1) is 15.8. The monoisotopic (exact) mass is 272 g/mol. The van der Waals surface area contributed by atoms with Gasteiger partial charge in [-0.15, -0.1) is 0 Å². The highest BCUT2D eigenvalue weighted by Gasteiger charge is 2.26. The molecule has 6 heteroatoms. The van der Waals surface area contributed by atoms with Gasteiger partial charge in [0.05, 0.1) is 0 Å². The second-order valence-electron chi connectivity index (χ2n) is 5.07. The number of amides is 2. The summed E-state index contributed by atoms with van der Waals surface area (Å²) < 4.78 is 0. The predicted molar refractivity (Wildman–Crippen MR) is 70.9 cm³/mol. The fourth-order valence-electron chi connectivity index (χ4n) is 2.46. The molecule has 19 heavy (non-hydrogen) atoms. The maximum Gasteiger partial charge on any atom is 0.326 e. The molecule has 0 spiro atoms. The molecule has 0 aliphatic carbocycles. The van der Waals surface area contributed by atoms with Crippen LogP contribution in [0.1, 0.15) is 39.0 Å². The molecule has 3 N–H and O–H groups in total. The number of aliphatic hydroxyl groups is 1. The largest absolute Gasteiger partial charge is 0.480 e. The quantitative estimate of drug-likeness (QED) is 0.674. The smallest absolute Gasteiger partial charge is 0.326 e. The maximum atomic E-state index is 11.9. The summed E-state index contributed by atoms with van der Waals surface area (Å²) in [5, 5.41) is 20.2. The van der Waals surface area contributed by atoms with Gasteiger partial charge in [-0.2, -0.15) is 0 Å². The molecule has 2 amide bonds. The molecular weight excluding hydrogens is 248 g/mol. The number of carboxylic acid groups (broad SMARTS) is 1. The van der Waals surface area contributed by atoms with E-state index in [0.29, 0.717) is 19.0 Å². The zero-order valence-corrected chi connectivity index (χ0v) is 11.5. The zero-order valence-electron chi connectivity index (χ0n) is 11.5. The number of nitrogens with zero attached hydrogens (tertiary/aromatic N) is 1. The lowest BCUT2D eigenvalue weighted by molar-refractivity contribution is -0.139. The van der Waals surface area contributed by atoms with E-state index in [1.54, 1.807) is 4.90 Å². The summed E-state index contributed by atoms with van der Waals surface area (Å²) in [6, 6.07) is -1.35. The third-order valence-electron chi connectivity index (χ3n) is 3.61. The number of hydrogen-bond donors (Lipinski definition) is 3. The number of likely N-dealkylation sites (tertiary alicyclic amines) is 1. The summed E-state index contributed by atoms with van der Waals surface area (Å²) >= 11 is 0. The van der Waals surface area contributed by atoms with Crippen molar-refractivity contribution in [2.75, 3.05) is 19.7 Å². The molecule has 0 bridgehead atoms. The number of aliphatic hydroxyl groups excluding tert-OH is 1. The van der Waals surface area contributed by atoms with Crippen LogP contribution >= 0.6 is 0 Å². The summed E-state index contributed by atoms with van der Waals surface area (Å²) in [6.45, 7) is 3.27. The van der Waals surface area contributed by atoms with E-state index in [-0.39, 0.29) is 19.1 Å². The van der Waals surface area contributed by atoms with Crippen LogP contribution in [-0.4, -0.2) is 52.9 Å². The second kappa shape index (κ2) is 7.99. The highest BCUT2D eigenvalue weighted by atomic mass is 16.4. The zero-order chi connectivity index (χ0) is 14.3. The van der Waals surface area contributed by atoms with Crippen molar-refractivity contribution in [1.82, 2.24) is 10.2 Å². The van der Waals surface area contributed by atoms with Crippen molar-refractivity contribution >= 4 is 12.0 Å². The lowest BCUT2D eigenvalue weighted by Crippen LogP contribution is -2.50. The molecule has 1 aliphatic heterocycles. The summed E-state index contributed by atoms with van der Waals surface area (Å²) in [7, 11) is 0. The van der Waals surface area contributed by atoms with Gasteiger partial charge in [-0.3, -0.25) is 0 Å². The summed E-state index contributed by atoms with van der Waals surface area (Å²) in [4.78, 5) is 24.5. The molecule has 0 aromatic heterocycles. The predicted octanol–water partition coefficient (Wildman–Crippen LogP) is 1.04. The Morgan fingerprint density at radius 1 is 1.37 bits per heavy atom. The molecular formula is C13H24N2O4. The van der Waals surface area contributed by atoms with Crippen LogP contribution in [-0.2, 0) is 4.79 Å². The Kier molecular flexibility index (Phi) is 6.62.